The Morgan fingerprint density at radius 2 is 0.487 bits per heavy atom. The molecule has 0 saturated carbocycles. The molecule has 13 rings (SSSR count). The first kappa shape index (κ1) is 53.2. The van der Waals surface area contributed by atoms with E-state index in [4.69, 9.17) is 0 Å². The van der Waals surface area contributed by atoms with Gasteiger partial charge in [0.2, 0.25) is 0 Å². The van der Waals surface area contributed by atoms with E-state index >= 15 is 0 Å². The predicted octanol–water partition coefficient (Wildman–Crippen LogP) is 21.6. The number of benzene rings is 13. The van der Waals surface area contributed by atoms with E-state index in [1.54, 1.807) is 0 Å². The van der Waals surface area contributed by atoms with Gasteiger partial charge in [-0.05, 0) is 141 Å². The summed E-state index contributed by atoms with van der Waals surface area (Å²) in [6.45, 7) is 12.7. The quantitative estimate of drug-likeness (QED) is 0.165. The Kier molecular flexibility index (Phi) is 19.1. The first-order valence-electron chi connectivity index (χ1n) is 26.3. The fraction of sp³-hybridized carbons (Fsp3) is 0.0789. The molecule has 13 aromatic carbocycles. The van der Waals surface area contributed by atoms with E-state index in [0.29, 0.717) is 0 Å². The molecule has 0 heteroatoms. The highest BCUT2D eigenvalue weighted by atomic mass is 14.1. The van der Waals surface area contributed by atoms with Gasteiger partial charge >= 0.3 is 0 Å². The van der Waals surface area contributed by atoms with Gasteiger partial charge in [0, 0.05) is 0 Å². The summed E-state index contributed by atoms with van der Waals surface area (Å²) in [5.41, 5.74) is 15.6. The van der Waals surface area contributed by atoms with Crippen LogP contribution in [0.15, 0.2) is 303 Å². The van der Waals surface area contributed by atoms with Gasteiger partial charge in [-0.15, -0.1) is 0 Å². The SMILES string of the molecule is Cc1ccc2cc(-c3ccccc3)ccc2c1.Cc1ccc2ccccc2c1.Cc1cccc(-c2ccccc2)c1.Cc1cccc2cc(-c3ccccc3)ccc12.Cc1cccc2ccccc12.Cc1ccccc1. The molecule has 0 saturated heterocycles. The highest BCUT2D eigenvalue weighted by Crippen LogP contribution is 2.27. The second-order valence-electron chi connectivity index (χ2n) is 19.3. The Balaban J connectivity index is 0.000000123. The van der Waals surface area contributed by atoms with Gasteiger partial charge < -0.3 is 0 Å². The minimum absolute atomic E-state index is 1.27. The zero-order valence-corrected chi connectivity index (χ0v) is 44.9. The molecule has 0 heterocycles. The van der Waals surface area contributed by atoms with Crippen LogP contribution >= 0.6 is 0 Å². The van der Waals surface area contributed by atoms with Crippen molar-refractivity contribution in [1.82, 2.24) is 0 Å². The third-order valence-electron chi connectivity index (χ3n) is 13.3. The van der Waals surface area contributed by atoms with Crippen LogP contribution in [0.4, 0.5) is 0 Å². The van der Waals surface area contributed by atoms with Crippen LogP contribution in [0.2, 0.25) is 0 Å². The molecular weight excluding hydrogens is 913 g/mol. The van der Waals surface area contributed by atoms with E-state index in [1.807, 2.05) is 30.3 Å². The lowest BCUT2D eigenvalue weighted by atomic mass is 9.99. The third kappa shape index (κ3) is 15.5. The summed E-state index contributed by atoms with van der Waals surface area (Å²) in [4.78, 5) is 0. The Hall–Kier alpha value is -9.10. The van der Waals surface area contributed by atoms with Crippen molar-refractivity contribution in [2.75, 3.05) is 0 Å². The average Bonchev–Trinajstić information content (AvgIpc) is 3.47. The Bertz CT molecular complexity index is 3840. The number of rotatable bonds is 3. The molecule has 0 aliphatic rings. The van der Waals surface area contributed by atoms with Crippen LogP contribution in [0.1, 0.15) is 33.4 Å². The van der Waals surface area contributed by atoms with Crippen molar-refractivity contribution in [3.05, 3.63) is 337 Å². The standard InChI is InChI=1S/2C17H14.C13H12.2C11H10.C7H8/c1-13-6-5-9-16-12-15(10-11-17(13)16)14-7-3-2-4-8-14;1-13-7-8-17-12-16(10-9-15(17)11-13)14-5-3-2-4-6-14;1-11-6-5-9-13(10-11)12-7-3-2-4-8-12;1-9-5-4-7-10-6-2-3-8-11(9)10;1-9-6-7-10-4-2-3-5-11(10)8-9;1-7-5-3-2-4-6-7/h2*2-12H,1H3;2-10H,1H3;2*2-8H,1H3;2-6H,1H3. The van der Waals surface area contributed by atoms with Gasteiger partial charge in [0.05, 0.1) is 0 Å². The fourth-order valence-corrected chi connectivity index (χ4v) is 9.12. The molecule has 0 aliphatic heterocycles. The molecule has 76 heavy (non-hydrogen) atoms. The van der Waals surface area contributed by atoms with Gasteiger partial charge in [-0.25, -0.2) is 0 Å². The van der Waals surface area contributed by atoms with Gasteiger partial charge in [0.15, 0.2) is 0 Å². The Morgan fingerprint density at radius 3 is 1.01 bits per heavy atom. The van der Waals surface area contributed by atoms with Crippen molar-refractivity contribution >= 4 is 43.1 Å². The first-order chi connectivity index (χ1) is 37.2. The minimum Gasteiger partial charge on any atom is -0.0622 e. The van der Waals surface area contributed by atoms with Crippen molar-refractivity contribution in [3.8, 4) is 33.4 Å². The number of fused-ring (bicyclic) bond motifs is 4. The highest BCUT2D eigenvalue weighted by molar-refractivity contribution is 5.90. The third-order valence-corrected chi connectivity index (χ3v) is 13.3. The van der Waals surface area contributed by atoms with Gasteiger partial charge in [-0.3, -0.25) is 0 Å². The molecule has 0 N–H and O–H groups in total. The van der Waals surface area contributed by atoms with Crippen molar-refractivity contribution in [2.24, 2.45) is 0 Å². The predicted molar refractivity (Wildman–Crippen MR) is 333 cm³/mol. The molecule has 0 aliphatic carbocycles. The fourth-order valence-electron chi connectivity index (χ4n) is 9.12. The summed E-state index contributed by atoms with van der Waals surface area (Å²) in [5.74, 6) is 0. The molecule has 0 fully saturated rings. The molecule has 0 amide bonds. The normalized spacial score (nSPS) is 10.2. The maximum Gasteiger partial charge on any atom is -0.0154 e. The van der Waals surface area contributed by atoms with Crippen molar-refractivity contribution in [2.45, 2.75) is 41.5 Å². The summed E-state index contributed by atoms with van der Waals surface area (Å²) in [6.07, 6.45) is 0. The van der Waals surface area contributed by atoms with E-state index in [2.05, 4.69) is 315 Å². The molecular formula is C76H68. The van der Waals surface area contributed by atoms with Crippen LogP contribution in [-0.4, -0.2) is 0 Å². The topological polar surface area (TPSA) is 0 Å². The zero-order valence-electron chi connectivity index (χ0n) is 44.9. The van der Waals surface area contributed by atoms with E-state index in [1.165, 1.54) is 110 Å². The van der Waals surface area contributed by atoms with E-state index in [0.717, 1.165) is 0 Å². The molecule has 0 spiro atoms. The smallest absolute Gasteiger partial charge is 0.0154 e. The van der Waals surface area contributed by atoms with Crippen LogP contribution < -0.4 is 0 Å². The van der Waals surface area contributed by atoms with Crippen molar-refractivity contribution < 1.29 is 0 Å². The second kappa shape index (κ2) is 27.3. The molecule has 13 aromatic rings. The summed E-state index contributed by atoms with van der Waals surface area (Å²) in [6, 6.07) is 106. The van der Waals surface area contributed by atoms with Gasteiger partial charge in [0.25, 0.3) is 0 Å². The molecule has 0 radical (unpaired) electrons. The first-order valence-corrected chi connectivity index (χ1v) is 26.3. The summed E-state index contributed by atoms with van der Waals surface area (Å²) in [5, 5.41) is 10.6. The molecule has 372 valence electrons. The average molecular weight is 981 g/mol. The second-order valence-corrected chi connectivity index (χ2v) is 19.3. The summed E-state index contributed by atoms with van der Waals surface area (Å²) >= 11 is 0. The molecule has 0 unspecified atom stereocenters. The maximum absolute atomic E-state index is 2.26. The lowest BCUT2D eigenvalue weighted by Gasteiger charge is -2.05. The largest absolute Gasteiger partial charge is 0.0622 e. The van der Waals surface area contributed by atoms with Gasteiger partial charge in [-0.2, -0.15) is 0 Å². The van der Waals surface area contributed by atoms with Crippen molar-refractivity contribution in [1.29, 1.82) is 0 Å². The molecule has 0 atom stereocenters. The Labute approximate surface area is 452 Å². The van der Waals surface area contributed by atoms with Crippen LogP contribution in [0.5, 0.6) is 0 Å². The van der Waals surface area contributed by atoms with E-state index in [9.17, 15) is 0 Å². The van der Waals surface area contributed by atoms with E-state index in [-0.39, 0.29) is 0 Å². The van der Waals surface area contributed by atoms with Crippen LogP contribution in [0, 0.1) is 41.5 Å². The maximum atomic E-state index is 2.26. The summed E-state index contributed by atoms with van der Waals surface area (Å²) < 4.78 is 0. The van der Waals surface area contributed by atoms with Crippen LogP contribution in [-0.2, 0) is 0 Å². The Morgan fingerprint density at radius 1 is 0.158 bits per heavy atom. The number of aryl methyl sites for hydroxylation is 6. The lowest BCUT2D eigenvalue weighted by molar-refractivity contribution is 1.47. The highest BCUT2D eigenvalue weighted by Gasteiger charge is 2.02. The minimum atomic E-state index is 1.27. The van der Waals surface area contributed by atoms with E-state index < -0.39 is 0 Å². The zero-order chi connectivity index (χ0) is 52.9. The number of hydrogen-bond donors (Lipinski definition) is 0. The molecule has 0 nitrogen and oxygen atoms in total. The number of hydrogen-bond acceptors (Lipinski definition) is 0. The molecule has 0 aromatic heterocycles. The van der Waals surface area contributed by atoms with Crippen molar-refractivity contribution in [3.63, 3.8) is 0 Å². The van der Waals surface area contributed by atoms with Crippen LogP contribution in [0.3, 0.4) is 0 Å². The molecule has 0 bridgehead atoms. The summed E-state index contributed by atoms with van der Waals surface area (Å²) in [7, 11) is 0. The van der Waals surface area contributed by atoms with Gasteiger partial charge in [0.1, 0.15) is 0 Å². The lowest BCUT2D eigenvalue weighted by Crippen LogP contribution is -1.81. The van der Waals surface area contributed by atoms with Gasteiger partial charge in [-0.1, -0.05) is 313 Å². The monoisotopic (exact) mass is 981 g/mol. The van der Waals surface area contributed by atoms with Crippen LogP contribution in [0.25, 0.3) is 76.5 Å².